The van der Waals surface area contributed by atoms with Crippen LogP contribution in [0.25, 0.3) is 0 Å². The summed E-state index contributed by atoms with van der Waals surface area (Å²) in [6.07, 6.45) is 4.15. The maximum Gasteiger partial charge on any atom is 0.315 e. The van der Waals surface area contributed by atoms with Crippen LogP contribution in [0, 0.1) is 5.92 Å². The van der Waals surface area contributed by atoms with Gasteiger partial charge in [0, 0.05) is 17.1 Å². The zero-order valence-electron chi connectivity index (χ0n) is 14.1. The third kappa shape index (κ3) is 4.16. The van der Waals surface area contributed by atoms with E-state index in [2.05, 4.69) is 47.0 Å². The number of carbonyl (C=O) groups is 1. The molecule has 4 rings (SSSR count). The molecule has 0 aliphatic heterocycles. The van der Waals surface area contributed by atoms with Crippen molar-refractivity contribution < 1.29 is 4.79 Å². The first-order chi connectivity index (χ1) is 12.2. The van der Waals surface area contributed by atoms with Gasteiger partial charge in [0.25, 0.3) is 0 Å². The van der Waals surface area contributed by atoms with Crippen molar-refractivity contribution in [2.24, 2.45) is 5.92 Å². The van der Waals surface area contributed by atoms with E-state index in [4.69, 9.17) is 11.6 Å². The van der Waals surface area contributed by atoms with Crippen molar-refractivity contribution >= 4 is 17.6 Å². The van der Waals surface area contributed by atoms with Crippen LogP contribution in [0.5, 0.6) is 0 Å². The van der Waals surface area contributed by atoms with Crippen LogP contribution in [0.1, 0.15) is 36.3 Å². The van der Waals surface area contributed by atoms with E-state index in [0.29, 0.717) is 17.9 Å². The second-order valence-corrected chi connectivity index (χ2v) is 7.76. The van der Waals surface area contributed by atoms with Gasteiger partial charge in [0.05, 0.1) is 0 Å². The quantitative estimate of drug-likeness (QED) is 0.814. The van der Waals surface area contributed by atoms with E-state index < -0.39 is 0 Å². The normalized spacial score (nSPS) is 27.2. The summed E-state index contributed by atoms with van der Waals surface area (Å²) in [4.78, 5) is 12.1. The summed E-state index contributed by atoms with van der Waals surface area (Å²) >= 11 is 5.93. The number of halogens is 1. The van der Waals surface area contributed by atoms with Crippen molar-refractivity contribution in [1.82, 2.24) is 10.6 Å². The zero-order valence-corrected chi connectivity index (χ0v) is 14.9. The highest BCUT2D eigenvalue weighted by molar-refractivity contribution is 6.30. The zero-order chi connectivity index (χ0) is 17.2. The summed E-state index contributed by atoms with van der Waals surface area (Å²) in [6, 6.07) is 19.1. The molecule has 2 unspecified atom stereocenters. The standard InChI is InChI=1S/C21H23ClN2O/c22-18-8-6-15(7-9-18)16-11-19(12-16)23-21(25)24-20-13-17(20)10-14-4-2-1-3-5-14/h1-9,16-17,19-20H,10-13H2,(H2,23,24,25). The monoisotopic (exact) mass is 354 g/mol. The fourth-order valence-electron chi connectivity index (χ4n) is 3.71. The Bertz CT molecular complexity index is 725. The molecule has 2 atom stereocenters. The minimum Gasteiger partial charge on any atom is -0.335 e. The van der Waals surface area contributed by atoms with Gasteiger partial charge >= 0.3 is 6.03 Å². The summed E-state index contributed by atoms with van der Waals surface area (Å²) in [5.74, 6) is 1.12. The van der Waals surface area contributed by atoms with E-state index in [1.54, 1.807) is 0 Å². The number of rotatable bonds is 5. The van der Waals surface area contributed by atoms with Crippen molar-refractivity contribution in [2.45, 2.75) is 43.7 Å². The van der Waals surface area contributed by atoms with Gasteiger partial charge in [-0.15, -0.1) is 0 Å². The molecule has 0 aromatic heterocycles. The lowest BCUT2D eigenvalue weighted by atomic mass is 9.76. The van der Waals surface area contributed by atoms with Crippen LogP contribution in [0.15, 0.2) is 54.6 Å². The van der Waals surface area contributed by atoms with Gasteiger partial charge in [0.15, 0.2) is 0 Å². The molecule has 0 saturated heterocycles. The molecule has 2 aliphatic rings. The minimum atomic E-state index is -0.0138. The number of benzene rings is 2. The Morgan fingerprint density at radius 3 is 2.40 bits per heavy atom. The Kier molecular flexibility index (Phi) is 4.67. The van der Waals surface area contributed by atoms with E-state index in [9.17, 15) is 4.79 Å². The lowest BCUT2D eigenvalue weighted by Crippen LogP contribution is -2.48. The fraction of sp³-hybridized carbons (Fsp3) is 0.381. The van der Waals surface area contributed by atoms with Gasteiger partial charge < -0.3 is 10.6 Å². The third-order valence-corrected chi connectivity index (χ3v) is 5.65. The Balaban J connectivity index is 1.17. The Morgan fingerprint density at radius 1 is 0.960 bits per heavy atom. The Labute approximate surface area is 153 Å². The highest BCUT2D eigenvalue weighted by Crippen LogP contribution is 2.37. The molecule has 2 aromatic rings. The molecule has 25 heavy (non-hydrogen) atoms. The lowest BCUT2D eigenvalue weighted by Gasteiger charge is -2.36. The molecular formula is C21H23ClN2O. The molecule has 2 aliphatic carbocycles. The molecule has 2 aromatic carbocycles. The maximum atomic E-state index is 12.1. The van der Waals surface area contributed by atoms with E-state index in [0.717, 1.165) is 30.7 Å². The van der Waals surface area contributed by atoms with E-state index in [1.165, 1.54) is 11.1 Å². The second kappa shape index (κ2) is 7.09. The Morgan fingerprint density at radius 2 is 1.68 bits per heavy atom. The molecule has 0 spiro atoms. The first kappa shape index (κ1) is 16.5. The molecule has 2 saturated carbocycles. The number of amides is 2. The molecule has 2 fully saturated rings. The number of hydrogen-bond acceptors (Lipinski definition) is 1. The van der Waals surface area contributed by atoms with Crippen LogP contribution < -0.4 is 10.6 Å². The van der Waals surface area contributed by atoms with Crippen LogP contribution >= 0.6 is 11.6 Å². The summed E-state index contributed by atoms with van der Waals surface area (Å²) < 4.78 is 0. The molecule has 130 valence electrons. The molecule has 0 heterocycles. The number of nitrogens with one attached hydrogen (secondary N) is 2. The topological polar surface area (TPSA) is 41.1 Å². The minimum absolute atomic E-state index is 0.0138. The van der Waals surface area contributed by atoms with Crippen LogP contribution in [0.2, 0.25) is 5.02 Å². The average molecular weight is 355 g/mol. The van der Waals surface area contributed by atoms with Gasteiger partial charge in [-0.25, -0.2) is 4.79 Å². The van der Waals surface area contributed by atoms with Crippen LogP contribution in [-0.4, -0.2) is 18.1 Å². The summed E-state index contributed by atoms with van der Waals surface area (Å²) in [5.41, 5.74) is 2.66. The van der Waals surface area contributed by atoms with Crippen molar-refractivity contribution in [3.05, 3.63) is 70.7 Å². The van der Waals surface area contributed by atoms with Gasteiger partial charge in [-0.1, -0.05) is 54.1 Å². The van der Waals surface area contributed by atoms with Gasteiger partial charge in [-0.2, -0.15) is 0 Å². The predicted molar refractivity (Wildman–Crippen MR) is 101 cm³/mol. The van der Waals surface area contributed by atoms with Gasteiger partial charge in [0.2, 0.25) is 0 Å². The third-order valence-electron chi connectivity index (χ3n) is 5.39. The van der Waals surface area contributed by atoms with E-state index >= 15 is 0 Å². The van der Waals surface area contributed by atoms with Crippen molar-refractivity contribution in [3.8, 4) is 0 Å². The number of urea groups is 1. The summed E-state index contributed by atoms with van der Waals surface area (Å²) in [7, 11) is 0. The van der Waals surface area contributed by atoms with Crippen molar-refractivity contribution in [3.63, 3.8) is 0 Å². The van der Waals surface area contributed by atoms with Crippen LogP contribution in [0.4, 0.5) is 4.79 Å². The molecule has 0 bridgehead atoms. The molecular weight excluding hydrogens is 332 g/mol. The Hall–Kier alpha value is -2.00. The molecule has 2 N–H and O–H groups in total. The molecule has 2 amide bonds. The van der Waals surface area contributed by atoms with E-state index in [-0.39, 0.29) is 12.1 Å². The first-order valence-electron chi connectivity index (χ1n) is 9.04. The summed E-state index contributed by atoms with van der Waals surface area (Å²) in [5, 5.41) is 7.00. The first-order valence-corrected chi connectivity index (χ1v) is 9.41. The van der Waals surface area contributed by atoms with Gasteiger partial charge in [-0.3, -0.25) is 0 Å². The van der Waals surface area contributed by atoms with Crippen LogP contribution in [0.3, 0.4) is 0 Å². The summed E-state index contributed by atoms with van der Waals surface area (Å²) in [6.45, 7) is 0. The van der Waals surface area contributed by atoms with E-state index in [1.807, 2.05) is 18.2 Å². The molecule has 4 heteroatoms. The van der Waals surface area contributed by atoms with Gasteiger partial charge in [-0.05, 0) is 60.8 Å². The van der Waals surface area contributed by atoms with Crippen molar-refractivity contribution in [1.29, 1.82) is 0 Å². The SMILES string of the molecule is O=C(NC1CC(c2ccc(Cl)cc2)C1)NC1CC1Cc1ccccc1. The predicted octanol–water partition coefficient (Wildman–Crippen LogP) is 4.52. The largest absolute Gasteiger partial charge is 0.335 e. The van der Waals surface area contributed by atoms with Crippen molar-refractivity contribution in [2.75, 3.05) is 0 Å². The highest BCUT2D eigenvalue weighted by atomic mass is 35.5. The molecule has 3 nitrogen and oxygen atoms in total. The number of carbonyl (C=O) groups excluding carboxylic acids is 1. The fourth-order valence-corrected chi connectivity index (χ4v) is 3.83. The second-order valence-electron chi connectivity index (χ2n) is 7.33. The highest BCUT2D eigenvalue weighted by Gasteiger charge is 2.39. The molecule has 0 radical (unpaired) electrons. The number of hydrogen-bond donors (Lipinski definition) is 2. The van der Waals surface area contributed by atoms with Gasteiger partial charge in [0.1, 0.15) is 0 Å². The lowest BCUT2D eigenvalue weighted by molar-refractivity contribution is 0.221. The maximum absolute atomic E-state index is 12.1. The van der Waals surface area contributed by atoms with Crippen LogP contribution in [-0.2, 0) is 6.42 Å². The average Bonchev–Trinajstić information content (AvgIpc) is 3.30. The smallest absolute Gasteiger partial charge is 0.315 e.